The van der Waals surface area contributed by atoms with Crippen molar-refractivity contribution < 1.29 is 9.59 Å². The van der Waals surface area contributed by atoms with E-state index in [1.807, 2.05) is 0 Å². The van der Waals surface area contributed by atoms with Crippen molar-refractivity contribution in [2.24, 2.45) is 22.5 Å². The summed E-state index contributed by atoms with van der Waals surface area (Å²) >= 11 is 0. The number of aldehydes is 1. The van der Waals surface area contributed by atoms with Gasteiger partial charge in [0.1, 0.15) is 6.29 Å². The Morgan fingerprint density at radius 1 is 1.47 bits per heavy atom. The number of fused-ring (bicyclic) bond motifs is 2. The minimum Gasteiger partial charge on any atom is -0.350 e. The van der Waals surface area contributed by atoms with Gasteiger partial charge < -0.3 is 11.2 Å². The minimum atomic E-state index is -0.646. The molecule has 0 heterocycles. The zero-order valence-corrected chi connectivity index (χ0v) is 10.5. The maximum atomic E-state index is 11.2. The molecule has 94 valence electrons. The summed E-state index contributed by atoms with van der Waals surface area (Å²) in [7, 11) is 0. The van der Waals surface area contributed by atoms with Crippen LogP contribution >= 0.6 is 0 Å². The van der Waals surface area contributed by atoms with Crippen LogP contribution in [-0.2, 0) is 4.79 Å². The molecule has 4 N–H and O–H groups in total. The van der Waals surface area contributed by atoms with Gasteiger partial charge in [-0.3, -0.25) is 10.2 Å². The third kappa shape index (κ3) is 1.38. The molecule has 0 aromatic carbocycles. The summed E-state index contributed by atoms with van der Waals surface area (Å²) in [5, 5.41) is 0. The SMILES string of the molecule is CC1(C)[C@@H]2CC[C@]1(C)C(NNC(N)=O)=C2C=O. The fourth-order valence-electron chi connectivity index (χ4n) is 3.46. The first-order valence-electron chi connectivity index (χ1n) is 5.86. The number of amides is 2. The van der Waals surface area contributed by atoms with Gasteiger partial charge in [0.25, 0.3) is 0 Å². The lowest BCUT2D eigenvalue weighted by atomic mass is 9.69. The number of nitrogens with two attached hydrogens (primary N) is 1. The number of rotatable bonds is 3. The number of hydrogen-bond acceptors (Lipinski definition) is 3. The number of carbonyl (C=O) groups excluding carboxylic acids is 2. The summed E-state index contributed by atoms with van der Waals surface area (Å²) < 4.78 is 0. The Bertz CT molecular complexity index is 414. The van der Waals surface area contributed by atoms with Crippen molar-refractivity contribution in [1.29, 1.82) is 0 Å². The van der Waals surface area contributed by atoms with Crippen molar-refractivity contribution in [3.05, 3.63) is 11.3 Å². The van der Waals surface area contributed by atoms with E-state index in [0.717, 1.165) is 30.4 Å². The molecule has 5 heteroatoms. The third-order valence-electron chi connectivity index (χ3n) is 4.88. The summed E-state index contributed by atoms with van der Waals surface area (Å²) in [5.41, 5.74) is 11.8. The van der Waals surface area contributed by atoms with E-state index >= 15 is 0 Å². The van der Waals surface area contributed by atoms with E-state index < -0.39 is 6.03 Å². The Morgan fingerprint density at radius 2 is 2.12 bits per heavy atom. The molecule has 0 aromatic rings. The second kappa shape index (κ2) is 3.48. The Morgan fingerprint density at radius 3 is 2.65 bits per heavy atom. The van der Waals surface area contributed by atoms with Crippen LogP contribution in [0.2, 0.25) is 0 Å². The molecule has 17 heavy (non-hydrogen) atoms. The largest absolute Gasteiger partial charge is 0.350 e. The monoisotopic (exact) mass is 237 g/mol. The fraction of sp³-hybridized carbons (Fsp3) is 0.667. The number of nitrogens with one attached hydrogen (secondary N) is 2. The summed E-state index contributed by atoms with van der Waals surface area (Å²) in [5.74, 6) is 0.266. The highest BCUT2D eigenvalue weighted by atomic mass is 16.2. The minimum absolute atomic E-state index is 0.0326. The molecule has 0 radical (unpaired) electrons. The van der Waals surface area contributed by atoms with Crippen molar-refractivity contribution in [3.8, 4) is 0 Å². The van der Waals surface area contributed by atoms with Crippen LogP contribution in [0.5, 0.6) is 0 Å². The highest BCUT2D eigenvalue weighted by Crippen LogP contribution is 2.66. The lowest BCUT2D eigenvalue weighted by molar-refractivity contribution is -0.105. The van der Waals surface area contributed by atoms with Crippen molar-refractivity contribution in [2.45, 2.75) is 33.6 Å². The Labute approximate surface area is 101 Å². The average molecular weight is 237 g/mol. The van der Waals surface area contributed by atoms with Gasteiger partial charge in [0.2, 0.25) is 0 Å². The maximum absolute atomic E-state index is 11.2. The summed E-state index contributed by atoms with van der Waals surface area (Å²) in [6.07, 6.45) is 2.95. The van der Waals surface area contributed by atoms with Gasteiger partial charge in [-0.15, -0.1) is 0 Å². The predicted molar refractivity (Wildman–Crippen MR) is 63.6 cm³/mol. The lowest BCUT2D eigenvalue weighted by Crippen LogP contribution is -2.45. The normalized spacial score (nSPS) is 33.7. The first-order valence-corrected chi connectivity index (χ1v) is 5.86. The topological polar surface area (TPSA) is 84.2 Å². The van der Waals surface area contributed by atoms with Crippen molar-refractivity contribution >= 4 is 12.3 Å². The van der Waals surface area contributed by atoms with E-state index in [4.69, 9.17) is 5.73 Å². The van der Waals surface area contributed by atoms with E-state index in [1.54, 1.807) is 0 Å². The van der Waals surface area contributed by atoms with Gasteiger partial charge in [-0.25, -0.2) is 4.79 Å². The van der Waals surface area contributed by atoms with Crippen LogP contribution < -0.4 is 16.6 Å². The first-order chi connectivity index (χ1) is 7.84. The van der Waals surface area contributed by atoms with E-state index in [1.165, 1.54) is 0 Å². The van der Waals surface area contributed by atoms with Gasteiger partial charge in [-0.05, 0) is 24.2 Å². The molecule has 0 saturated heterocycles. The molecule has 2 atom stereocenters. The van der Waals surface area contributed by atoms with Gasteiger partial charge in [0, 0.05) is 16.7 Å². The van der Waals surface area contributed by atoms with Crippen LogP contribution in [0.3, 0.4) is 0 Å². The van der Waals surface area contributed by atoms with Crippen molar-refractivity contribution in [1.82, 2.24) is 10.9 Å². The Balaban J connectivity index is 2.37. The van der Waals surface area contributed by atoms with Crippen LogP contribution in [0, 0.1) is 16.7 Å². The molecule has 2 bridgehead atoms. The Hall–Kier alpha value is -1.52. The zero-order chi connectivity index (χ0) is 12.8. The van der Waals surface area contributed by atoms with E-state index in [9.17, 15) is 9.59 Å². The predicted octanol–water partition coefficient (Wildman–Crippen LogP) is 1.07. The van der Waals surface area contributed by atoms with Gasteiger partial charge in [0.15, 0.2) is 0 Å². The zero-order valence-electron chi connectivity index (χ0n) is 10.5. The van der Waals surface area contributed by atoms with E-state index in [-0.39, 0.29) is 16.7 Å². The summed E-state index contributed by atoms with van der Waals surface area (Å²) in [4.78, 5) is 22.0. The van der Waals surface area contributed by atoms with Gasteiger partial charge in [0.05, 0.1) is 0 Å². The number of primary amides is 1. The second-order valence-electron chi connectivity index (χ2n) is 5.71. The molecular formula is C12H19N3O2. The number of carbonyl (C=O) groups is 2. The van der Waals surface area contributed by atoms with Crippen LogP contribution in [0.4, 0.5) is 4.79 Å². The number of hydrazine groups is 1. The van der Waals surface area contributed by atoms with Crippen LogP contribution in [-0.4, -0.2) is 12.3 Å². The molecular weight excluding hydrogens is 218 g/mol. The van der Waals surface area contributed by atoms with Gasteiger partial charge >= 0.3 is 6.03 Å². The lowest BCUT2D eigenvalue weighted by Gasteiger charge is -2.37. The molecule has 1 fully saturated rings. The van der Waals surface area contributed by atoms with E-state index in [2.05, 4.69) is 31.6 Å². The van der Waals surface area contributed by atoms with Crippen LogP contribution in [0.15, 0.2) is 11.3 Å². The number of hydrogen-bond donors (Lipinski definition) is 3. The molecule has 2 rings (SSSR count). The van der Waals surface area contributed by atoms with Crippen LogP contribution in [0.25, 0.3) is 0 Å². The molecule has 0 aliphatic heterocycles. The maximum Gasteiger partial charge on any atom is 0.330 e. The summed E-state index contributed by atoms with van der Waals surface area (Å²) in [6.45, 7) is 6.48. The molecule has 0 spiro atoms. The highest BCUT2D eigenvalue weighted by molar-refractivity contribution is 5.79. The van der Waals surface area contributed by atoms with Crippen molar-refractivity contribution in [2.75, 3.05) is 0 Å². The molecule has 0 aromatic heterocycles. The molecule has 0 unspecified atom stereocenters. The first kappa shape index (κ1) is 12.0. The third-order valence-corrected chi connectivity index (χ3v) is 4.88. The second-order valence-corrected chi connectivity index (χ2v) is 5.71. The molecule has 2 aliphatic rings. The Kier molecular flexibility index (Phi) is 2.45. The molecule has 1 saturated carbocycles. The van der Waals surface area contributed by atoms with Crippen molar-refractivity contribution in [3.63, 3.8) is 0 Å². The quantitative estimate of drug-likeness (QED) is 0.507. The highest BCUT2D eigenvalue weighted by Gasteiger charge is 2.60. The summed E-state index contributed by atoms with van der Waals surface area (Å²) in [6, 6.07) is -0.646. The van der Waals surface area contributed by atoms with Gasteiger partial charge in [-0.1, -0.05) is 20.8 Å². The smallest absolute Gasteiger partial charge is 0.330 e. The van der Waals surface area contributed by atoms with Gasteiger partial charge in [-0.2, -0.15) is 0 Å². The molecule has 2 amide bonds. The van der Waals surface area contributed by atoms with Crippen LogP contribution in [0.1, 0.15) is 33.6 Å². The molecule has 5 nitrogen and oxygen atoms in total. The van der Waals surface area contributed by atoms with E-state index in [0.29, 0.717) is 0 Å². The standard InChI is InChI=1S/C12H19N3O2/c1-11(2)8-4-5-12(11,3)9(7(8)6-16)14-15-10(13)17/h6,8,14H,4-5H2,1-3H3,(H3,13,15,17)/t8-,12-/m1/s1. The number of urea groups is 1. The molecule has 2 aliphatic carbocycles. The fourth-order valence-corrected chi connectivity index (χ4v) is 3.46. The average Bonchev–Trinajstić information content (AvgIpc) is 2.56. The number of allylic oxidation sites excluding steroid dienone is 2.